The van der Waals surface area contributed by atoms with Gasteiger partial charge in [-0.15, -0.1) is 0 Å². The lowest BCUT2D eigenvalue weighted by Crippen LogP contribution is -2.23. The minimum absolute atomic E-state index is 0.0663. The molecule has 7 nitrogen and oxygen atoms in total. The molecular formula is C20H22O7. The maximum absolute atomic E-state index is 10.8. The summed E-state index contributed by atoms with van der Waals surface area (Å²) in [6.07, 6.45) is -1.81. The Bertz CT molecular complexity index is 850. The van der Waals surface area contributed by atoms with Gasteiger partial charge in [0.1, 0.15) is 5.75 Å². The molecule has 4 unspecified atom stereocenters. The highest BCUT2D eigenvalue weighted by Gasteiger charge is 2.32. The normalized spacial score (nSPS) is 18.8. The predicted octanol–water partition coefficient (Wildman–Crippen LogP) is 2.89. The molecule has 0 spiro atoms. The van der Waals surface area contributed by atoms with E-state index in [0.717, 1.165) is 0 Å². The molecule has 2 aliphatic rings. The summed E-state index contributed by atoms with van der Waals surface area (Å²) in [7, 11) is 0. The second-order valence-corrected chi connectivity index (χ2v) is 6.98. The SMILES string of the molecule is CC(C(O)c1ccc2c(c1)OCO2)C(C)C(O)c1cc2c(cc1O)OCO2. The monoisotopic (exact) mass is 374 g/mol. The van der Waals surface area contributed by atoms with Crippen molar-refractivity contribution in [3.8, 4) is 28.7 Å². The van der Waals surface area contributed by atoms with Crippen molar-refractivity contribution in [1.29, 1.82) is 0 Å². The van der Waals surface area contributed by atoms with Crippen molar-refractivity contribution in [1.82, 2.24) is 0 Å². The fraction of sp³-hybridized carbons (Fsp3) is 0.400. The Morgan fingerprint density at radius 3 is 2.00 bits per heavy atom. The summed E-state index contributed by atoms with van der Waals surface area (Å²) in [4.78, 5) is 0. The van der Waals surface area contributed by atoms with Crippen molar-refractivity contribution in [2.45, 2.75) is 26.1 Å². The van der Waals surface area contributed by atoms with Crippen LogP contribution >= 0.6 is 0 Å². The van der Waals surface area contributed by atoms with Gasteiger partial charge in [0, 0.05) is 11.6 Å². The summed E-state index contributed by atoms with van der Waals surface area (Å²) in [6, 6.07) is 8.32. The Kier molecular flexibility index (Phi) is 4.49. The molecule has 4 atom stereocenters. The summed E-state index contributed by atoms with van der Waals surface area (Å²) in [5, 5.41) is 31.9. The number of hydrogen-bond acceptors (Lipinski definition) is 7. The van der Waals surface area contributed by atoms with Gasteiger partial charge in [0.2, 0.25) is 13.6 Å². The molecule has 0 bridgehead atoms. The van der Waals surface area contributed by atoms with Crippen LogP contribution in [0.15, 0.2) is 30.3 Å². The Hall–Kier alpha value is -2.64. The third kappa shape index (κ3) is 3.13. The molecule has 3 N–H and O–H groups in total. The third-order valence-electron chi connectivity index (χ3n) is 5.40. The maximum Gasteiger partial charge on any atom is 0.231 e. The number of fused-ring (bicyclic) bond motifs is 2. The first-order valence-corrected chi connectivity index (χ1v) is 8.84. The van der Waals surface area contributed by atoms with E-state index in [9.17, 15) is 15.3 Å². The summed E-state index contributed by atoms with van der Waals surface area (Å²) in [5.41, 5.74) is 1.03. The molecule has 0 saturated carbocycles. The second-order valence-electron chi connectivity index (χ2n) is 6.98. The van der Waals surface area contributed by atoms with Gasteiger partial charge in [-0.1, -0.05) is 19.9 Å². The highest BCUT2D eigenvalue weighted by atomic mass is 16.7. The first kappa shape index (κ1) is 17.8. The number of aromatic hydroxyl groups is 1. The molecule has 144 valence electrons. The van der Waals surface area contributed by atoms with Crippen LogP contribution < -0.4 is 18.9 Å². The molecule has 0 amide bonds. The van der Waals surface area contributed by atoms with Gasteiger partial charge in [-0.3, -0.25) is 0 Å². The molecular weight excluding hydrogens is 352 g/mol. The van der Waals surface area contributed by atoms with E-state index in [4.69, 9.17) is 18.9 Å². The number of aliphatic hydroxyl groups is 2. The van der Waals surface area contributed by atoms with Gasteiger partial charge in [-0.2, -0.15) is 0 Å². The molecule has 0 radical (unpaired) electrons. The fourth-order valence-electron chi connectivity index (χ4n) is 3.44. The van der Waals surface area contributed by atoms with Crippen LogP contribution in [0.25, 0.3) is 0 Å². The third-order valence-corrected chi connectivity index (χ3v) is 5.40. The summed E-state index contributed by atoms with van der Waals surface area (Å²) < 4.78 is 21.2. The summed E-state index contributed by atoms with van der Waals surface area (Å²) in [5.74, 6) is 1.46. The molecule has 2 heterocycles. The van der Waals surface area contributed by atoms with Crippen LogP contribution in [0.5, 0.6) is 28.7 Å². The lowest BCUT2D eigenvalue weighted by atomic mass is 9.81. The molecule has 0 aromatic heterocycles. The first-order valence-electron chi connectivity index (χ1n) is 8.84. The van der Waals surface area contributed by atoms with Crippen LogP contribution in [-0.4, -0.2) is 28.9 Å². The molecule has 4 rings (SSSR count). The average Bonchev–Trinajstić information content (AvgIpc) is 3.32. The van der Waals surface area contributed by atoms with E-state index in [0.29, 0.717) is 34.1 Å². The van der Waals surface area contributed by atoms with Crippen LogP contribution in [0.2, 0.25) is 0 Å². The molecule has 0 aliphatic carbocycles. The number of phenols is 1. The molecule has 7 heteroatoms. The number of ether oxygens (including phenoxy) is 4. The van der Waals surface area contributed by atoms with Gasteiger partial charge in [-0.05, 0) is 35.6 Å². The number of benzene rings is 2. The number of rotatable bonds is 5. The van der Waals surface area contributed by atoms with Crippen LogP contribution in [0.1, 0.15) is 37.2 Å². The van der Waals surface area contributed by atoms with Crippen molar-refractivity contribution >= 4 is 0 Å². The predicted molar refractivity (Wildman–Crippen MR) is 95.0 cm³/mol. The fourth-order valence-corrected chi connectivity index (χ4v) is 3.44. The van der Waals surface area contributed by atoms with E-state index >= 15 is 0 Å². The molecule has 2 aliphatic heterocycles. The van der Waals surface area contributed by atoms with E-state index in [-0.39, 0.29) is 31.2 Å². The van der Waals surface area contributed by atoms with Crippen molar-refractivity contribution in [3.63, 3.8) is 0 Å². The standard InChI is InChI=1S/C20H22O7/c1-10(19(22)12-3-4-15-16(5-12)25-8-24-15)11(2)20(23)13-6-17-18(7-14(13)21)27-9-26-17/h3-7,10-11,19-23H,8-9H2,1-2H3. The Morgan fingerprint density at radius 1 is 0.741 bits per heavy atom. The van der Waals surface area contributed by atoms with Gasteiger partial charge in [0.05, 0.1) is 12.2 Å². The van der Waals surface area contributed by atoms with Crippen molar-refractivity contribution in [2.24, 2.45) is 11.8 Å². The summed E-state index contributed by atoms with van der Waals surface area (Å²) in [6.45, 7) is 3.94. The topological polar surface area (TPSA) is 97.6 Å². The molecule has 2 aromatic carbocycles. The Balaban J connectivity index is 1.54. The van der Waals surface area contributed by atoms with E-state index in [1.807, 2.05) is 13.8 Å². The number of phenolic OH excluding ortho intramolecular Hbond substituents is 1. The van der Waals surface area contributed by atoms with Gasteiger partial charge in [0.15, 0.2) is 23.0 Å². The average molecular weight is 374 g/mol. The largest absolute Gasteiger partial charge is 0.507 e. The van der Waals surface area contributed by atoms with Gasteiger partial charge in [-0.25, -0.2) is 0 Å². The number of aliphatic hydroxyl groups excluding tert-OH is 2. The molecule has 0 saturated heterocycles. The first-order chi connectivity index (χ1) is 13.0. The second kappa shape index (κ2) is 6.83. The number of hydrogen-bond donors (Lipinski definition) is 3. The van der Waals surface area contributed by atoms with Crippen LogP contribution in [-0.2, 0) is 0 Å². The van der Waals surface area contributed by atoms with E-state index < -0.39 is 12.2 Å². The highest BCUT2D eigenvalue weighted by Crippen LogP contribution is 2.44. The Morgan fingerprint density at radius 2 is 1.30 bits per heavy atom. The molecule has 2 aromatic rings. The van der Waals surface area contributed by atoms with Crippen molar-refractivity contribution in [3.05, 3.63) is 41.5 Å². The maximum atomic E-state index is 10.8. The zero-order valence-electron chi connectivity index (χ0n) is 15.1. The van der Waals surface area contributed by atoms with Crippen molar-refractivity contribution < 1.29 is 34.3 Å². The zero-order valence-corrected chi connectivity index (χ0v) is 15.1. The lowest BCUT2D eigenvalue weighted by molar-refractivity contribution is 0.0201. The minimum atomic E-state index is -0.988. The van der Waals surface area contributed by atoms with Crippen molar-refractivity contribution in [2.75, 3.05) is 13.6 Å². The van der Waals surface area contributed by atoms with Crippen LogP contribution in [0.4, 0.5) is 0 Å². The van der Waals surface area contributed by atoms with Crippen LogP contribution in [0.3, 0.4) is 0 Å². The van der Waals surface area contributed by atoms with E-state index in [1.165, 1.54) is 6.07 Å². The molecule has 27 heavy (non-hydrogen) atoms. The Labute approximate surface area is 156 Å². The quantitative estimate of drug-likeness (QED) is 0.740. The minimum Gasteiger partial charge on any atom is -0.507 e. The molecule has 0 fully saturated rings. The van der Waals surface area contributed by atoms with E-state index in [2.05, 4.69) is 0 Å². The summed E-state index contributed by atoms with van der Waals surface area (Å²) >= 11 is 0. The smallest absolute Gasteiger partial charge is 0.231 e. The highest BCUT2D eigenvalue weighted by molar-refractivity contribution is 5.52. The lowest BCUT2D eigenvalue weighted by Gasteiger charge is -2.29. The van der Waals surface area contributed by atoms with Gasteiger partial charge >= 0.3 is 0 Å². The van der Waals surface area contributed by atoms with E-state index in [1.54, 1.807) is 24.3 Å². The van der Waals surface area contributed by atoms with Gasteiger partial charge in [0.25, 0.3) is 0 Å². The van der Waals surface area contributed by atoms with Gasteiger partial charge < -0.3 is 34.3 Å². The zero-order chi connectivity index (χ0) is 19.1. The van der Waals surface area contributed by atoms with Crippen LogP contribution in [0, 0.1) is 11.8 Å².